The monoisotopic (exact) mass is 520 g/mol. The number of benzene rings is 2. The van der Waals surface area contributed by atoms with E-state index in [1.807, 2.05) is 29.2 Å². The van der Waals surface area contributed by atoms with Crippen LogP contribution in [0.1, 0.15) is 11.1 Å². The maximum absolute atomic E-state index is 13.1. The van der Waals surface area contributed by atoms with Crippen molar-refractivity contribution in [1.82, 2.24) is 14.5 Å². The maximum Gasteiger partial charge on any atom is 0.191 e. The van der Waals surface area contributed by atoms with E-state index < -0.39 is 0 Å². The van der Waals surface area contributed by atoms with Crippen molar-refractivity contribution in [2.45, 2.75) is 13.1 Å². The fraction of sp³-hybridized carbons (Fsp3) is 0.273. The Balaban J connectivity index is 0.00000256. The van der Waals surface area contributed by atoms with Gasteiger partial charge in [0.15, 0.2) is 5.96 Å². The molecule has 8 heteroatoms. The summed E-state index contributed by atoms with van der Waals surface area (Å²) in [7, 11) is 0. The molecule has 158 valence electrons. The zero-order valence-corrected chi connectivity index (χ0v) is 19.0. The molecule has 6 nitrogen and oxygen atoms in total. The minimum absolute atomic E-state index is 0. The molecule has 0 bridgehead atoms. The van der Waals surface area contributed by atoms with Crippen molar-refractivity contribution in [1.29, 1.82) is 0 Å². The lowest BCUT2D eigenvalue weighted by atomic mass is 10.1. The van der Waals surface area contributed by atoms with Crippen LogP contribution < -0.4 is 10.6 Å². The number of aromatic nitrogens is 2. The Bertz CT molecular complexity index is 950. The topological polar surface area (TPSA) is 62.7 Å². The molecule has 1 aliphatic rings. The first kappa shape index (κ1) is 22.1. The average Bonchev–Trinajstić information content (AvgIpc) is 3.26. The Morgan fingerprint density at radius 1 is 1.03 bits per heavy atom. The molecule has 0 saturated carbocycles. The average molecular weight is 520 g/mol. The third-order valence-electron chi connectivity index (χ3n) is 5.13. The Morgan fingerprint density at radius 3 is 2.47 bits per heavy atom. The first-order chi connectivity index (χ1) is 14.2. The van der Waals surface area contributed by atoms with Crippen LogP contribution >= 0.6 is 24.0 Å². The van der Waals surface area contributed by atoms with Crippen LogP contribution in [0.5, 0.6) is 0 Å². The number of halogens is 2. The van der Waals surface area contributed by atoms with E-state index in [0.29, 0.717) is 12.5 Å². The molecule has 4 rings (SSSR count). The number of guanidine groups is 1. The van der Waals surface area contributed by atoms with E-state index >= 15 is 0 Å². The fourth-order valence-corrected chi connectivity index (χ4v) is 3.54. The Kier molecular flexibility index (Phi) is 7.67. The zero-order chi connectivity index (χ0) is 20.1. The van der Waals surface area contributed by atoms with Crippen LogP contribution in [0.2, 0.25) is 0 Å². The zero-order valence-electron chi connectivity index (χ0n) is 16.7. The standard InChI is InChI=1S/C22H25FN6.HI/c23-20-4-6-21(7-5-20)28-10-12-29(13-11-28)22(24)26-15-18-2-1-3-19(14-18)16-27-9-8-25-17-27;/h1-9,14,17H,10-13,15-16H2,(H2,24,26);1H. The fourth-order valence-electron chi connectivity index (χ4n) is 3.54. The molecule has 1 aliphatic heterocycles. The van der Waals surface area contributed by atoms with Gasteiger partial charge in [0, 0.05) is 50.8 Å². The summed E-state index contributed by atoms with van der Waals surface area (Å²) in [6, 6.07) is 15.0. The summed E-state index contributed by atoms with van der Waals surface area (Å²) in [4.78, 5) is 13.0. The normalized spacial score (nSPS) is 14.5. The molecule has 0 unspecified atom stereocenters. The van der Waals surface area contributed by atoms with Crippen LogP contribution in [0.25, 0.3) is 0 Å². The predicted octanol–water partition coefficient (Wildman–Crippen LogP) is 3.33. The number of hydrogen-bond acceptors (Lipinski definition) is 3. The highest BCUT2D eigenvalue weighted by Gasteiger charge is 2.18. The highest BCUT2D eigenvalue weighted by molar-refractivity contribution is 14.0. The minimum Gasteiger partial charge on any atom is -0.370 e. The van der Waals surface area contributed by atoms with Gasteiger partial charge in [0.1, 0.15) is 5.82 Å². The summed E-state index contributed by atoms with van der Waals surface area (Å²) < 4.78 is 15.1. The number of anilines is 1. The van der Waals surface area contributed by atoms with Gasteiger partial charge in [0.2, 0.25) is 0 Å². The third-order valence-corrected chi connectivity index (χ3v) is 5.13. The number of rotatable bonds is 5. The van der Waals surface area contributed by atoms with Gasteiger partial charge in [0.05, 0.1) is 12.9 Å². The molecular weight excluding hydrogens is 494 g/mol. The van der Waals surface area contributed by atoms with Gasteiger partial charge in [-0.05, 0) is 35.4 Å². The summed E-state index contributed by atoms with van der Waals surface area (Å²) in [5.74, 6) is 0.363. The van der Waals surface area contributed by atoms with Crippen LogP contribution in [-0.4, -0.2) is 46.6 Å². The summed E-state index contributed by atoms with van der Waals surface area (Å²) >= 11 is 0. The van der Waals surface area contributed by atoms with Crippen molar-refractivity contribution in [2.75, 3.05) is 31.1 Å². The molecule has 2 aromatic carbocycles. The summed E-state index contributed by atoms with van der Waals surface area (Å²) in [5, 5.41) is 0. The molecule has 1 aromatic heterocycles. The van der Waals surface area contributed by atoms with E-state index in [0.717, 1.165) is 44.0 Å². The van der Waals surface area contributed by atoms with Crippen molar-refractivity contribution < 1.29 is 4.39 Å². The molecule has 1 fully saturated rings. The van der Waals surface area contributed by atoms with Gasteiger partial charge in [-0.25, -0.2) is 14.4 Å². The van der Waals surface area contributed by atoms with Gasteiger partial charge in [-0.15, -0.1) is 24.0 Å². The lowest BCUT2D eigenvalue weighted by molar-refractivity contribution is 0.380. The number of aliphatic imine (C=N–C) groups is 1. The number of nitrogens with two attached hydrogens (primary N) is 1. The van der Waals surface area contributed by atoms with Crippen molar-refractivity contribution in [3.63, 3.8) is 0 Å². The molecule has 2 heterocycles. The van der Waals surface area contributed by atoms with E-state index in [4.69, 9.17) is 5.73 Å². The van der Waals surface area contributed by atoms with E-state index in [1.165, 1.54) is 17.7 Å². The molecular formula is C22H26FIN6. The van der Waals surface area contributed by atoms with Crippen LogP contribution in [0, 0.1) is 5.82 Å². The van der Waals surface area contributed by atoms with Gasteiger partial charge in [0.25, 0.3) is 0 Å². The molecule has 0 atom stereocenters. The Morgan fingerprint density at radius 2 is 1.77 bits per heavy atom. The summed E-state index contributed by atoms with van der Waals surface area (Å²) in [5.41, 5.74) is 9.63. The van der Waals surface area contributed by atoms with Crippen molar-refractivity contribution in [2.24, 2.45) is 10.7 Å². The molecule has 30 heavy (non-hydrogen) atoms. The van der Waals surface area contributed by atoms with Gasteiger partial charge < -0.3 is 20.1 Å². The second-order valence-electron chi connectivity index (χ2n) is 7.18. The van der Waals surface area contributed by atoms with E-state index in [-0.39, 0.29) is 29.8 Å². The first-order valence-corrected chi connectivity index (χ1v) is 9.76. The second-order valence-corrected chi connectivity index (χ2v) is 7.18. The van der Waals surface area contributed by atoms with Crippen LogP contribution in [-0.2, 0) is 13.1 Å². The number of hydrogen-bond donors (Lipinski definition) is 1. The summed E-state index contributed by atoms with van der Waals surface area (Å²) in [6.07, 6.45) is 5.55. The van der Waals surface area contributed by atoms with Gasteiger partial charge in [-0.3, -0.25) is 0 Å². The third kappa shape index (κ3) is 5.71. The number of piperazine rings is 1. The highest BCUT2D eigenvalue weighted by Crippen LogP contribution is 2.17. The van der Waals surface area contributed by atoms with E-state index in [9.17, 15) is 4.39 Å². The van der Waals surface area contributed by atoms with Crippen molar-refractivity contribution in [3.8, 4) is 0 Å². The van der Waals surface area contributed by atoms with Crippen LogP contribution in [0.15, 0.2) is 72.2 Å². The highest BCUT2D eigenvalue weighted by atomic mass is 127. The first-order valence-electron chi connectivity index (χ1n) is 9.76. The SMILES string of the molecule is I.NC(=NCc1cccc(Cn2ccnc2)c1)N1CCN(c2ccc(F)cc2)CC1. The lowest BCUT2D eigenvalue weighted by Crippen LogP contribution is -2.51. The predicted molar refractivity (Wildman–Crippen MR) is 129 cm³/mol. The molecule has 0 spiro atoms. The Hall–Kier alpha value is -2.62. The van der Waals surface area contributed by atoms with E-state index in [2.05, 4.69) is 44.0 Å². The molecule has 0 aliphatic carbocycles. The lowest BCUT2D eigenvalue weighted by Gasteiger charge is -2.36. The molecule has 2 N–H and O–H groups in total. The molecule has 3 aromatic rings. The van der Waals surface area contributed by atoms with Gasteiger partial charge >= 0.3 is 0 Å². The van der Waals surface area contributed by atoms with Crippen LogP contribution in [0.3, 0.4) is 0 Å². The smallest absolute Gasteiger partial charge is 0.191 e. The van der Waals surface area contributed by atoms with Crippen molar-refractivity contribution >= 4 is 35.6 Å². The largest absolute Gasteiger partial charge is 0.370 e. The maximum atomic E-state index is 13.1. The van der Waals surface area contributed by atoms with E-state index in [1.54, 1.807) is 6.20 Å². The summed E-state index contributed by atoms with van der Waals surface area (Å²) in [6.45, 7) is 4.62. The number of imidazole rings is 1. The van der Waals surface area contributed by atoms with Gasteiger partial charge in [-0.1, -0.05) is 24.3 Å². The Labute approximate surface area is 193 Å². The molecule has 0 amide bonds. The van der Waals surface area contributed by atoms with Crippen molar-refractivity contribution in [3.05, 3.63) is 84.2 Å². The molecule has 1 saturated heterocycles. The van der Waals surface area contributed by atoms with Crippen LogP contribution in [0.4, 0.5) is 10.1 Å². The minimum atomic E-state index is -0.210. The molecule has 0 radical (unpaired) electrons. The quantitative estimate of drug-likeness (QED) is 0.319. The van der Waals surface area contributed by atoms with Gasteiger partial charge in [-0.2, -0.15) is 0 Å². The number of nitrogens with zero attached hydrogens (tertiary/aromatic N) is 5. The second kappa shape index (κ2) is 10.4.